The van der Waals surface area contributed by atoms with Crippen molar-refractivity contribution in [3.8, 4) is 0 Å². The maximum atomic E-state index is 12.7. The predicted octanol–water partition coefficient (Wildman–Crippen LogP) is 4.24. The number of carbonyl (C=O) groups is 2. The van der Waals surface area contributed by atoms with E-state index in [9.17, 15) is 14.7 Å². The Hall–Kier alpha value is -2.37. The molecular formula is C23H27ClN2O3. The number of amides is 2. The van der Waals surface area contributed by atoms with Crippen LogP contribution < -0.4 is 5.32 Å². The number of likely N-dealkylation sites (tertiary alicyclic amines) is 1. The van der Waals surface area contributed by atoms with Crippen molar-refractivity contribution in [2.45, 2.75) is 44.6 Å². The lowest BCUT2D eigenvalue weighted by atomic mass is 9.87. The molecule has 1 fully saturated rings. The van der Waals surface area contributed by atoms with Crippen LogP contribution in [0.5, 0.6) is 0 Å². The molecule has 1 aliphatic heterocycles. The number of hydrogen-bond acceptors (Lipinski definition) is 3. The van der Waals surface area contributed by atoms with Crippen LogP contribution in [0.4, 0.5) is 5.69 Å². The van der Waals surface area contributed by atoms with Gasteiger partial charge >= 0.3 is 0 Å². The van der Waals surface area contributed by atoms with E-state index in [1.54, 1.807) is 29.2 Å². The van der Waals surface area contributed by atoms with Crippen LogP contribution >= 0.6 is 11.6 Å². The molecule has 0 spiro atoms. The molecule has 5 nitrogen and oxygen atoms in total. The minimum absolute atomic E-state index is 0.0295. The third-order valence-electron chi connectivity index (χ3n) is 5.41. The van der Waals surface area contributed by atoms with Gasteiger partial charge in [0.25, 0.3) is 11.8 Å². The molecule has 1 aliphatic rings. The van der Waals surface area contributed by atoms with Crippen molar-refractivity contribution < 1.29 is 14.7 Å². The molecule has 6 heteroatoms. The third-order valence-corrected chi connectivity index (χ3v) is 5.74. The second-order valence-electron chi connectivity index (χ2n) is 8.59. The molecule has 0 radical (unpaired) electrons. The quantitative estimate of drug-likeness (QED) is 0.789. The largest absolute Gasteiger partial charge is 0.380 e. The summed E-state index contributed by atoms with van der Waals surface area (Å²) in [5, 5.41) is 14.0. The van der Waals surface area contributed by atoms with E-state index < -0.39 is 11.5 Å². The molecule has 0 aromatic heterocycles. The SMILES string of the molecule is CC(C)(C)c1ccc(NC(=O)C2(O)CCN(C(=O)c3ccccc3Cl)CC2)cc1. The van der Waals surface area contributed by atoms with Crippen molar-refractivity contribution in [2.24, 2.45) is 0 Å². The van der Waals surface area contributed by atoms with Gasteiger partial charge in [-0.2, -0.15) is 0 Å². The Bertz CT molecular complexity index is 895. The zero-order valence-corrected chi connectivity index (χ0v) is 17.8. The summed E-state index contributed by atoms with van der Waals surface area (Å²) >= 11 is 6.11. The van der Waals surface area contributed by atoms with Gasteiger partial charge in [-0.05, 0) is 35.2 Å². The monoisotopic (exact) mass is 414 g/mol. The van der Waals surface area contributed by atoms with Crippen molar-refractivity contribution in [2.75, 3.05) is 18.4 Å². The average Bonchev–Trinajstić information content (AvgIpc) is 2.68. The summed E-state index contributed by atoms with van der Waals surface area (Å²) in [6.45, 7) is 6.96. The number of carbonyl (C=O) groups excluding carboxylic acids is 2. The first-order valence-corrected chi connectivity index (χ1v) is 10.2. The lowest BCUT2D eigenvalue weighted by molar-refractivity contribution is -0.138. The van der Waals surface area contributed by atoms with Gasteiger partial charge in [-0.1, -0.05) is 56.6 Å². The van der Waals surface area contributed by atoms with Crippen molar-refractivity contribution >= 4 is 29.1 Å². The summed E-state index contributed by atoms with van der Waals surface area (Å²) in [7, 11) is 0. The smallest absolute Gasteiger partial charge is 0.256 e. The van der Waals surface area contributed by atoms with Crippen LogP contribution in [0.3, 0.4) is 0 Å². The van der Waals surface area contributed by atoms with E-state index in [0.29, 0.717) is 16.3 Å². The first kappa shape index (κ1) is 21.3. The maximum absolute atomic E-state index is 12.7. The molecule has 1 saturated heterocycles. The molecule has 0 aliphatic carbocycles. The Morgan fingerprint density at radius 2 is 1.62 bits per heavy atom. The number of nitrogens with zero attached hydrogens (tertiary/aromatic N) is 1. The highest BCUT2D eigenvalue weighted by Gasteiger charge is 2.40. The van der Waals surface area contributed by atoms with Crippen molar-refractivity contribution in [1.29, 1.82) is 0 Å². The molecule has 0 bridgehead atoms. The normalized spacial score (nSPS) is 16.4. The Labute approximate surface area is 176 Å². The van der Waals surface area contributed by atoms with E-state index in [1.807, 2.05) is 24.3 Å². The fourth-order valence-electron chi connectivity index (χ4n) is 3.41. The fourth-order valence-corrected chi connectivity index (χ4v) is 3.63. The predicted molar refractivity (Wildman–Crippen MR) is 115 cm³/mol. The van der Waals surface area contributed by atoms with Crippen LogP contribution in [0.25, 0.3) is 0 Å². The second kappa shape index (κ2) is 8.17. The lowest BCUT2D eigenvalue weighted by Gasteiger charge is -2.37. The van der Waals surface area contributed by atoms with Gasteiger partial charge in [0, 0.05) is 31.6 Å². The van der Waals surface area contributed by atoms with Crippen LogP contribution in [0.2, 0.25) is 5.02 Å². The number of anilines is 1. The summed E-state index contributed by atoms with van der Waals surface area (Å²) in [5.41, 5.74) is 0.774. The maximum Gasteiger partial charge on any atom is 0.256 e. The Balaban J connectivity index is 1.62. The van der Waals surface area contributed by atoms with E-state index in [4.69, 9.17) is 11.6 Å². The zero-order valence-electron chi connectivity index (χ0n) is 17.0. The molecule has 0 saturated carbocycles. The average molecular weight is 415 g/mol. The number of benzene rings is 2. The third kappa shape index (κ3) is 4.80. The molecule has 2 amide bonds. The summed E-state index contributed by atoms with van der Waals surface area (Å²) < 4.78 is 0. The number of halogens is 1. The topological polar surface area (TPSA) is 69.6 Å². The van der Waals surface area contributed by atoms with Gasteiger partial charge in [0.1, 0.15) is 5.60 Å². The summed E-state index contributed by atoms with van der Waals surface area (Å²) in [4.78, 5) is 27.0. The van der Waals surface area contributed by atoms with E-state index in [1.165, 1.54) is 5.56 Å². The van der Waals surface area contributed by atoms with Gasteiger partial charge in [0.2, 0.25) is 0 Å². The highest BCUT2D eigenvalue weighted by atomic mass is 35.5. The highest BCUT2D eigenvalue weighted by Crippen LogP contribution is 2.28. The molecule has 2 N–H and O–H groups in total. The van der Waals surface area contributed by atoms with Gasteiger partial charge in [0.05, 0.1) is 10.6 Å². The van der Waals surface area contributed by atoms with Gasteiger partial charge < -0.3 is 15.3 Å². The van der Waals surface area contributed by atoms with Gasteiger partial charge in [-0.15, -0.1) is 0 Å². The molecule has 0 unspecified atom stereocenters. The van der Waals surface area contributed by atoms with E-state index in [0.717, 1.165) is 0 Å². The van der Waals surface area contributed by atoms with Crippen molar-refractivity contribution in [3.63, 3.8) is 0 Å². The molecule has 154 valence electrons. The van der Waals surface area contributed by atoms with E-state index >= 15 is 0 Å². The van der Waals surface area contributed by atoms with E-state index in [-0.39, 0.29) is 37.3 Å². The molecule has 2 aromatic carbocycles. The minimum Gasteiger partial charge on any atom is -0.380 e. The number of nitrogens with one attached hydrogen (secondary N) is 1. The highest BCUT2D eigenvalue weighted by molar-refractivity contribution is 6.33. The Kier molecular flexibility index (Phi) is 6.01. The fraction of sp³-hybridized carbons (Fsp3) is 0.391. The molecule has 1 heterocycles. The number of hydrogen-bond donors (Lipinski definition) is 2. The lowest BCUT2D eigenvalue weighted by Crippen LogP contribution is -2.52. The van der Waals surface area contributed by atoms with Gasteiger partial charge in [-0.25, -0.2) is 0 Å². The summed E-state index contributed by atoms with van der Waals surface area (Å²) in [5.74, 6) is -0.623. The van der Waals surface area contributed by atoms with Crippen molar-refractivity contribution in [3.05, 3.63) is 64.7 Å². The Morgan fingerprint density at radius 3 is 2.17 bits per heavy atom. The van der Waals surface area contributed by atoms with E-state index in [2.05, 4.69) is 26.1 Å². The molecular weight excluding hydrogens is 388 g/mol. The standard InChI is InChI=1S/C23H27ClN2O3/c1-22(2,3)16-8-10-17(11-9-16)25-21(28)23(29)12-14-26(15-13-23)20(27)18-6-4-5-7-19(18)24/h4-11,29H,12-15H2,1-3H3,(H,25,28). The van der Waals surface area contributed by atoms with Crippen LogP contribution in [0.1, 0.15) is 49.5 Å². The molecule has 2 aromatic rings. The van der Waals surface area contributed by atoms with Crippen LogP contribution in [-0.2, 0) is 10.2 Å². The summed E-state index contributed by atoms with van der Waals surface area (Å²) in [6, 6.07) is 14.5. The van der Waals surface area contributed by atoms with Crippen LogP contribution in [0.15, 0.2) is 48.5 Å². The number of aliphatic hydroxyl groups is 1. The second-order valence-corrected chi connectivity index (χ2v) is 8.99. The minimum atomic E-state index is -1.50. The number of piperidine rings is 1. The Morgan fingerprint density at radius 1 is 1.03 bits per heavy atom. The molecule has 0 atom stereocenters. The van der Waals surface area contributed by atoms with Gasteiger partial charge in [0.15, 0.2) is 0 Å². The van der Waals surface area contributed by atoms with Gasteiger partial charge in [-0.3, -0.25) is 9.59 Å². The number of rotatable bonds is 3. The van der Waals surface area contributed by atoms with Crippen molar-refractivity contribution in [1.82, 2.24) is 4.90 Å². The van der Waals surface area contributed by atoms with Crippen LogP contribution in [-0.4, -0.2) is 40.5 Å². The molecule has 3 rings (SSSR count). The zero-order chi connectivity index (χ0) is 21.2. The first-order valence-electron chi connectivity index (χ1n) is 9.78. The summed E-state index contributed by atoms with van der Waals surface area (Å²) in [6.07, 6.45) is 0.351. The first-order chi connectivity index (χ1) is 13.6. The van der Waals surface area contributed by atoms with Crippen LogP contribution in [0, 0.1) is 0 Å². The molecule has 29 heavy (non-hydrogen) atoms.